The van der Waals surface area contributed by atoms with Gasteiger partial charge in [0.15, 0.2) is 0 Å². The van der Waals surface area contributed by atoms with E-state index < -0.39 is 5.97 Å². The highest BCUT2D eigenvalue weighted by Gasteiger charge is 2.11. The Morgan fingerprint density at radius 2 is 2.25 bits per heavy atom. The number of azide groups is 1. The number of carbonyl (C=O) groups is 1. The molecule has 1 rings (SSSR count). The van der Waals surface area contributed by atoms with Gasteiger partial charge in [0, 0.05) is 4.91 Å². The Morgan fingerprint density at radius 3 is 2.81 bits per heavy atom. The van der Waals surface area contributed by atoms with Crippen LogP contribution in [0.4, 0.5) is 0 Å². The maximum absolute atomic E-state index is 11.4. The van der Waals surface area contributed by atoms with Crippen LogP contribution in [0.2, 0.25) is 0 Å². The molecule has 6 heteroatoms. The first-order valence-electron chi connectivity index (χ1n) is 4.49. The highest BCUT2D eigenvalue weighted by molar-refractivity contribution is 5.91. The van der Waals surface area contributed by atoms with Crippen molar-refractivity contribution in [2.24, 2.45) is 5.11 Å². The van der Waals surface area contributed by atoms with Crippen LogP contribution < -0.4 is 4.74 Å². The van der Waals surface area contributed by atoms with E-state index in [2.05, 4.69) is 14.8 Å². The third-order valence-corrected chi connectivity index (χ3v) is 2.02. The molecule has 1 aromatic rings. The van der Waals surface area contributed by atoms with E-state index in [1.165, 1.54) is 14.2 Å². The van der Waals surface area contributed by atoms with Crippen molar-refractivity contribution >= 4 is 5.97 Å². The van der Waals surface area contributed by atoms with Crippen LogP contribution in [0.15, 0.2) is 23.3 Å². The number of benzene rings is 1. The van der Waals surface area contributed by atoms with Crippen LogP contribution >= 0.6 is 0 Å². The summed E-state index contributed by atoms with van der Waals surface area (Å²) in [7, 11) is 2.81. The summed E-state index contributed by atoms with van der Waals surface area (Å²) in [5.74, 6) is 0.126. The van der Waals surface area contributed by atoms with Crippen molar-refractivity contribution in [3.63, 3.8) is 0 Å². The number of nitrogens with zero attached hydrogens (tertiary/aromatic N) is 3. The second-order valence-corrected chi connectivity index (χ2v) is 2.90. The van der Waals surface area contributed by atoms with Crippen LogP contribution in [-0.2, 0) is 11.3 Å². The summed E-state index contributed by atoms with van der Waals surface area (Å²) in [5.41, 5.74) is 9.20. The Balaban J connectivity index is 3.15. The molecule has 0 saturated carbocycles. The summed E-state index contributed by atoms with van der Waals surface area (Å²) in [6.07, 6.45) is 0. The van der Waals surface area contributed by atoms with Gasteiger partial charge in [0.2, 0.25) is 0 Å². The summed E-state index contributed by atoms with van der Waals surface area (Å²) in [5, 5.41) is 3.41. The molecule has 0 radical (unpaired) electrons. The summed E-state index contributed by atoms with van der Waals surface area (Å²) in [6, 6.07) is 4.86. The molecule has 0 fully saturated rings. The number of hydrogen-bond donors (Lipinski definition) is 0. The van der Waals surface area contributed by atoms with Crippen LogP contribution in [-0.4, -0.2) is 20.2 Å². The minimum absolute atomic E-state index is 0.0815. The first-order valence-corrected chi connectivity index (χ1v) is 4.49. The predicted octanol–water partition coefficient (Wildman–Crippen LogP) is 2.29. The lowest BCUT2D eigenvalue weighted by molar-refractivity contribution is 0.0599. The monoisotopic (exact) mass is 221 g/mol. The summed E-state index contributed by atoms with van der Waals surface area (Å²) in [4.78, 5) is 14.0. The van der Waals surface area contributed by atoms with Crippen molar-refractivity contribution in [3.8, 4) is 5.75 Å². The van der Waals surface area contributed by atoms with E-state index in [0.717, 1.165) is 0 Å². The van der Waals surface area contributed by atoms with Gasteiger partial charge >= 0.3 is 5.97 Å². The van der Waals surface area contributed by atoms with Gasteiger partial charge in [-0.3, -0.25) is 0 Å². The van der Waals surface area contributed by atoms with Gasteiger partial charge in [-0.15, -0.1) is 0 Å². The average molecular weight is 221 g/mol. The van der Waals surface area contributed by atoms with Gasteiger partial charge in [-0.2, -0.15) is 0 Å². The highest BCUT2D eigenvalue weighted by atomic mass is 16.5. The van der Waals surface area contributed by atoms with Crippen LogP contribution in [0.25, 0.3) is 10.4 Å². The molecule has 0 bridgehead atoms. The second-order valence-electron chi connectivity index (χ2n) is 2.90. The molecule has 0 N–H and O–H groups in total. The molecule has 6 nitrogen and oxygen atoms in total. The van der Waals surface area contributed by atoms with Gasteiger partial charge < -0.3 is 9.47 Å². The molecule has 0 aliphatic heterocycles. The van der Waals surface area contributed by atoms with Gasteiger partial charge in [0.25, 0.3) is 0 Å². The third kappa shape index (κ3) is 2.65. The van der Waals surface area contributed by atoms with Gasteiger partial charge in [0.1, 0.15) is 5.75 Å². The molecule has 0 aliphatic rings. The molecule has 0 spiro atoms. The van der Waals surface area contributed by atoms with Crippen molar-refractivity contribution < 1.29 is 14.3 Å². The summed E-state index contributed by atoms with van der Waals surface area (Å²) >= 11 is 0. The largest absolute Gasteiger partial charge is 0.497 e. The summed E-state index contributed by atoms with van der Waals surface area (Å²) in [6.45, 7) is 0.0815. The second kappa shape index (κ2) is 5.63. The van der Waals surface area contributed by atoms with Crippen LogP contribution in [0.5, 0.6) is 5.75 Å². The van der Waals surface area contributed by atoms with E-state index in [1.54, 1.807) is 18.2 Å². The highest BCUT2D eigenvalue weighted by Crippen LogP contribution is 2.19. The number of carbonyl (C=O) groups excluding carboxylic acids is 1. The van der Waals surface area contributed by atoms with Crippen molar-refractivity contribution in [1.29, 1.82) is 0 Å². The molecule has 84 valence electrons. The molecule has 0 atom stereocenters. The zero-order valence-corrected chi connectivity index (χ0v) is 9.01. The first-order chi connectivity index (χ1) is 7.72. The van der Waals surface area contributed by atoms with E-state index in [4.69, 9.17) is 10.3 Å². The van der Waals surface area contributed by atoms with E-state index in [1.807, 2.05) is 0 Å². The smallest absolute Gasteiger partial charge is 0.338 e. The number of hydrogen-bond acceptors (Lipinski definition) is 4. The molecule has 0 aromatic heterocycles. The van der Waals surface area contributed by atoms with E-state index in [-0.39, 0.29) is 6.54 Å². The molecule has 0 heterocycles. The van der Waals surface area contributed by atoms with Gasteiger partial charge in [-0.1, -0.05) is 5.11 Å². The molecule has 0 unspecified atom stereocenters. The molecular formula is C10H11N3O3. The average Bonchev–Trinajstić information content (AvgIpc) is 2.34. The fourth-order valence-electron chi connectivity index (χ4n) is 1.24. The topological polar surface area (TPSA) is 84.3 Å². The Labute approximate surface area is 92.4 Å². The van der Waals surface area contributed by atoms with Crippen LogP contribution in [0, 0.1) is 0 Å². The van der Waals surface area contributed by atoms with Crippen LogP contribution in [0.3, 0.4) is 0 Å². The maximum atomic E-state index is 11.4. The van der Waals surface area contributed by atoms with E-state index >= 15 is 0 Å². The molecule has 16 heavy (non-hydrogen) atoms. The van der Waals surface area contributed by atoms with E-state index in [0.29, 0.717) is 16.9 Å². The molecular weight excluding hydrogens is 210 g/mol. The van der Waals surface area contributed by atoms with Crippen LogP contribution in [0.1, 0.15) is 15.9 Å². The van der Waals surface area contributed by atoms with Crippen molar-refractivity contribution in [2.45, 2.75) is 6.54 Å². The van der Waals surface area contributed by atoms with Crippen molar-refractivity contribution in [2.75, 3.05) is 14.2 Å². The Morgan fingerprint density at radius 1 is 1.50 bits per heavy atom. The zero-order chi connectivity index (χ0) is 12.0. The molecule has 0 saturated heterocycles. The zero-order valence-electron chi connectivity index (χ0n) is 9.01. The van der Waals surface area contributed by atoms with Crippen molar-refractivity contribution in [3.05, 3.63) is 39.8 Å². The fourth-order valence-corrected chi connectivity index (χ4v) is 1.24. The lowest BCUT2D eigenvalue weighted by Gasteiger charge is -2.07. The Hall–Kier alpha value is -2.20. The molecule has 0 aliphatic carbocycles. The van der Waals surface area contributed by atoms with Gasteiger partial charge in [-0.25, -0.2) is 4.79 Å². The Kier molecular flexibility index (Phi) is 4.17. The van der Waals surface area contributed by atoms with Gasteiger partial charge in [-0.05, 0) is 29.3 Å². The van der Waals surface area contributed by atoms with Crippen molar-refractivity contribution in [1.82, 2.24) is 0 Å². The number of ether oxygens (including phenoxy) is 2. The molecule has 1 aromatic carbocycles. The van der Waals surface area contributed by atoms with Gasteiger partial charge in [0.05, 0.1) is 26.3 Å². The fraction of sp³-hybridized carbons (Fsp3) is 0.300. The number of esters is 1. The normalized spacial score (nSPS) is 9.12. The first kappa shape index (κ1) is 11.9. The maximum Gasteiger partial charge on any atom is 0.338 e. The summed E-state index contributed by atoms with van der Waals surface area (Å²) < 4.78 is 9.63. The van der Waals surface area contributed by atoms with E-state index in [9.17, 15) is 4.79 Å². The quantitative estimate of drug-likeness (QED) is 0.338. The predicted molar refractivity (Wildman–Crippen MR) is 57.2 cm³/mol. The Bertz CT molecular complexity index is 439. The lowest BCUT2D eigenvalue weighted by atomic mass is 10.1. The number of rotatable bonds is 4. The SMILES string of the molecule is COC(=O)c1ccc(OC)cc1CN=[N+]=[N-]. The molecule has 0 amide bonds. The minimum Gasteiger partial charge on any atom is -0.497 e. The lowest BCUT2D eigenvalue weighted by Crippen LogP contribution is -2.05. The standard InChI is InChI=1S/C10H11N3O3/c1-15-8-3-4-9(10(14)16-2)7(5-8)6-12-13-11/h3-5H,6H2,1-2H3. The minimum atomic E-state index is -0.467. The third-order valence-electron chi connectivity index (χ3n) is 2.02. The number of methoxy groups -OCH3 is 2.